The number of alkyl halides is 3. The van der Waals surface area contributed by atoms with Crippen molar-refractivity contribution in [1.82, 2.24) is 9.97 Å². The SMILES string of the molecule is CCOC(=O)c1cnc(C(F)(F)F)nc1F. The molecule has 0 amide bonds. The van der Waals surface area contributed by atoms with E-state index in [1.165, 1.54) is 6.92 Å². The fourth-order valence-electron chi connectivity index (χ4n) is 0.843. The monoisotopic (exact) mass is 238 g/mol. The molecule has 0 aliphatic heterocycles. The molecular weight excluding hydrogens is 232 g/mol. The van der Waals surface area contributed by atoms with Crippen molar-refractivity contribution in [3.63, 3.8) is 0 Å². The molecule has 0 atom stereocenters. The van der Waals surface area contributed by atoms with Gasteiger partial charge in [0.1, 0.15) is 5.56 Å². The minimum absolute atomic E-state index is 0.0285. The van der Waals surface area contributed by atoms with Gasteiger partial charge in [0.25, 0.3) is 0 Å². The van der Waals surface area contributed by atoms with E-state index >= 15 is 0 Å². The summed E-state index contributed by atoms with van der Waals surface area (Å²) in [5.74, 6) is -4.30. The molecule has 1 aromatic rings. The van der Waals surface area contributed by atoms with E-state index in [0.29, 0.717) is 6.20 Å². The van der Waals surface area contributed by atoms with Gasteiger partial charge < -0.3 is 4.74 Å². The fourth-order valence-corrected chi connectivity index (χ4v) is 0.843. The highest BCUT2D eigenvalue weighted by atomic mass is 19.4. The number of hydrogen-bond donors (Lipinski definition) is 0. The van der Waals surface area contributed by atoms with Crippen LogP contribution < -0.4 is 0 Å². The van der Waals surface area contributed by atoms with Crippen LogP contribution in [0.4, 0.5) is 17.6 Å². The summed E-state index contributed by atoms with van der Waals surface area (Å²) >= 11 is 0. The van der Waals surface area contributed by atoms with Crippen LogP contribution in [-0.4, -0.2) is 22.5 Å². The third kappa shape index (κ3) is 2.65. The molecule has 0 saturated heterocycles. The summed E-state index contributed by atoms with van der Waals surface area (Å²) in [4.78, 5) is 16.4. The maximum absolute atomic E-state index is 13.0. The van der Waals surface area contributed by atoms with Crippen LogP contribution in [0, 0.1) is 5.95 Å². The van der Waals surface area contributed by atoms with Gasteiger partial charge in [0, 0.05) is 6.20 Å². The van der Waals surface area contributed by atoms with Crippen molar-refractivity contribution in [2.75, 3.05) is 6.61 Å². The van der Waals surface area contributed by atoms with Gasteiger partial charge in [0.05, 0.1) is 6.61 Å². The lowest BCUT2D eigenvalue weighted by Gasteiger charge is -2.06. The highest BCUT2D eigenvalue weighted by molar-refractivity contribution is 5.88. The second kappa shape index (κ2) is 4.42. The number of rotatable bonds is 2. The Morgan fingerprint density at radius 2 is 2.12 bits per heavy atom. The van der Waals surface area contributed by atoms with E-state index < -0.39 is 29.5 Å². The van der Waals surface area contributed by atoms with Crippen LogP contribution in [0.25, 0.3) is 0 Å². The first kappa shape index (κ1) is 12.3. The largest absolute Gasteiger partial charge is 0.462 e. The molecule has 8 heteroatoms. The van der Waals surface area contributed by atoms with Gasteiger partial charge in [-0.2, -0.15) is 22.5 Å². The molecule has 0 radical (unpaired) electrons. The average Bonchev–Trinajstić information content (AvgIpc) is 2.16. The van der Waals surface area contributed by atoms with Gasteiger partial charge in [-0.05, 0) is 6.92 Å². The second-order valence-corrected chi connectivity index (χ2v) is 2.62. The first-order valence-corrected chi connectivity index (χ1v) is 4.13. The summed E-state index contributed by atoms with van der Waals surface area (Å²) in [5.41, 5.74) is -0.727. The Bertz CT molecular complexity index is 406. The van der Waals surface area contributed by atoms with Crippen molar-refractivity contribution in [3.8, 4) is 0 Å². The summed E-state index contributed by atoms with van der Waals surface area (Å²) in [6, 6.07) is 0. The molecule has 0 spiro atoms. The molecule has 16 heavy (non-hydrogen) atoms. The predicted molar refractivity (Wildman–Crippen MR) is 42.9 cm³/mol. The molecular formula is C8H6F4N2O2. The zero-order valence-electron chi connectivity index (χ0n) is 8.01. The molecule has 0 unspecified atom stereocenters. The third-order valence-electron chi connectivity index (χ3n) is 1.49. The third-order valence-corrected chi connectivity index (χ3v) is 1.49. The summed E-state index contributed by atoms with van der Waals surface area (Å²) in [6.07, 6.45) is -4.41. The van der Waals surface area contributed by atoms with Crippen molar-refractivity contribution >= 4 is 5.97 Å². The molecule has 0 bridgehead atoms. The van der Waals surface area contributed by atoms with E-state index in [-0.39, 0.29) is 6.61 Å². The molecule has 0 aliphatic carbocycles. The molecule has 88 valence electrons. The van der Waals surface area contributed by atoms with Crippen LogP contribution in [-0.2, 0) is 10.9 Å². The minimum atomic E-state index is -4.85. The number of esters is 1. The van der Waals surface area contributed by atoms with Crippen molar-refractivity contribution in [1.29, 1.82) is 0 Å². The molecule has 1 rings (SSSR count). The Morgan fingerprint density at radius 3 is 2.56 bits per heavy atom. The molecule has 1 aromatic heterocycles. The molecule has 0 fully saturated rings. The maximum Gasteiger partial charge on any atom is 0.451 e. The van der Waals surface area contributed by atoms with Gasteiger partial charge in [-0.25, -0.2) is 9.78 Å². The number of carbonyl (C=O) groups is 1. The lowest BCUT2D eigenvalue weighted by Crippen LogP contribution is -2.16. The van der Waals surface area contributed by atoms with Gasteiger partial charge in [-0.3, -0.25) is 0 Å². The Kier molecular flexibility index (Phi) is 3.41. The maximum atomic E-state index is 13.0. The summed E-state index contributed by atoms with van der Waals surface area (Å²) < 4.78 is 53.5. The normalized spacial score (nSPS) is 11.3. The van der Waals surface area contributed by atoms with Crippen molar-refractivity contribution in [2.24, 2.45) is 0 Å². The Morgan fingerprint density at radius 1 is 1.50 bits per heavy atom. The van der Waals surface area contributed by atoms with Gasteiger partial charge in [0.2, 0.25) is 11.8 Å². The standard InChI is InChI=1S/C8H6F4N2O2/c1-2-16-6(15)4-3-13-7(8(10,11)12)14-5(4)9/h3H,2H2,1H3. The van der Waals surface area contributed by atoms with Gasteiger partial charge in [-0.1, -0.05) is 0 Å². The molecule has 4 nitrogen and oxygen atoms in total. The number of hydrogen-bond acceptors (Lipinski definition) is 4. The highest BCUT2D eigenvalue weighted by Crippen LogP contribution is 2.26. The quantitative estimate of drug-likeness (QED) is 0.448. The van der Waals surface area contributed by atoms with E-state index in [4.69, 9.17) is 0 Å². The van der Waals surface area contributed by atoms with Crippen molar-refractivity contribution < 1.29 is 27.1 Å². The summed E-state index contributed by atoms with van der Waals surface area (Å²) in [6.45, 7) is 1.44. The zero-order chi connectivity index (χ0) is 12.3. The first-order valence-electron chi connectivity index (χ1n) is 4.13. The Hall–Kier alpha value is -1.73. The summed E-state index contributed by atoms with van der Waals surface area (Å²) in [7, 11) is 0. The molecule has 1 heterocycles. The van der Waals surface area contributed by atoms with E-state index in [1.807, 2.05) is 0 Å². The smallest absolute Gasteiger partial charge is 0.451 e. The Balaban J connectivity index is 3.05. The average molecular weight is 238 g/mol. The lowest BCUT2D eigenvalue weighted by atomic mass is 10.3. The Labute approximate surface area is 87.3 Å². The summed E-state index contributed by atoms with van der Waals surface area (Å²) in [5, 5.41) is 0. The van der Waals surface area contributed by atoms with Crippen LogP contribution in [0.2, 0.25) is 0 Å². The van der Waals surface area contributed by atoms with Gasteiger partial charge in [-0.15, -0.1) is 0 Å². The van der Waals surface area contributed by atoms with Crippen LogP contribution in [0.3, 0.4) is 0 Å². The van der Waals surface area contributed by atoms with Crippen LogP contribution in [0.15, 0.2) is 6.20 Å². The lowest BCUT2D eigenvalue weighted by molar-refractivity contribution is -0.145. The van der Waals surface area contributed by atoms with E-state index in [9.17, 15) is 22.4 Å². The second-order valence-electron chi connectivity index (χ2n) is 2.62. The van der Waals surface area contributed by atoms with E-state index in [1.54, 1.807) is 0 Å². The van der Waals surface area contributed by atoms with Crippen LogP contribution in [0.1, 0.15) is 23.1 Å². The minimum Gasteiger partial charge on any atom is -0.462 e. The van der Waals surface area contributed by atoms with Crippen molar-refractivity contribution in [3.05, 3.63) is 23.5 Å². The number of nitrogens with zero attached hydrogens (tertiary/aromatic N) is 2. The number of halogens is 4. The predicted octanol–water partition coefficient (Wildman–Crippen LogP) is 1.81. The number of ether oxygens (including phenoxy) is 1. The molecule has 0 saturated carbocycles. The number of aromatic nitrogens is 2. The zero-order valence-corrected chi connectivity index (χ0v) is 8.01. The molecule has 0 N–H and O–H groups in total. The topological polar surface area (TPSA) is 52.1 Å². The molecule has 0 aromatic carbocycles. The first-order chi connectivity index (χ1) is 7.36. The van der Waals surface area contributed by atoms with Crippen LogP contribution in [0.5, 0.6) is 0 Å². The van der Waals surface area contributed by atoms with Crippen molar-refractivity contribution in [2.45, 2.75) is 13.1 Å². The van der Waals surface area contributed by atoms with Crippen LogP contribution >= 0.6 is 0 Å². The van der Waals surface area contributed by atoms with E-state index in [0.717, 1.165) is 0 Å². The van der Waals surface area contributed by atoms with Gasteiger partial charge >= 0.3 is 12.1 Å². The molecule has 0 aliphatic rings. The number of carbonyl (C=O) groups excluding carboxylic acids is 1. The van der Waals surface area contributed by atoms with E-state index in [2.05, 4.69) is 14.7 Å². The van der Waals surface area contributed by atoms with Gasteiger partial charge in [0.15, 0.2) is 0 Å². The fraction of sp³-hybridized carbons (Fsp3) is 0.375. The highest BCUT2D eigenvalue weighted by Gasteiger charge is 2.35.